The molecule has 0 saturated carbocycles. The Bertz CT molecular complexity index is 395. The van der Waals surface area contributed by atoms with Crippen LogP contribution in [-0.4, -0.2) is 17.5 Å². The summed E-state index contributed by atoms with van der Waals surface area (Å²) in [6, 6.07) is 10.1. The minimum absolute atomic E-state index is 0.0307. The Morgan fingerprint density at radius 2 is 2.12 bits per heavy atom. The van der Waals surface area contributed by atoms with Gasteiger partial charge in [0.2, 0.25) is 0 Å². The fourth-order valence-electron chi connectivity index (χ4n) is 2.10. The van der Waals surface area contributed by atoms with Gasteiger partial charge in [0.1, 0.15) is 0 Å². The molecule has 90 valence electrons. The van der Waals surface area contributed by atoms with Crippen LogP contribution in [0.15, 0.2) is 48.6 Å². The van der Waals surface area contributed by atoms with Gasteiger partial charge in [0, 0.05) is 6.42 Å². The van der Waals surface area contributed by atoms with Gasteiger partial charge in [-0.2, -0.15) is 0 Å². The number of ether oxygens (including phenoxy) is 1. The van der Waals surface area contributed by atoms with Gasteiger partial charge in [0.15, 0.2) is 6.29 Å². The number of hydrogen-bond donors (Lipinski definition) is 1. The normalized spacial score (nSPS) is 26.3. The Hall–Kier alpha value is -1.38. The Morgan fingerprint density at radius 3 is 2.82 bits per heavy atom. The molecule has 2 atom stereocenters. The molecule has 1 aromatic carbocycles. The van der Waals surface area contributed by atoms with E-state index in [1.807, 2.05) is 24.3 Å². The molecule has 0 radical (unpaired) electrons. The zero-order valence-corrected chi connectivity index (χ0v) is 9.88. The summed E-state index contributed by atoms with van der Waals surface area (Å²) >= 11 is 0. The smallest absolute Gasteiger partial charge is 0.159 e. The molecule has 1 aromatic rings. The molecule has 2 rings (SSSR count). The molecule has 0 amide bonds. The fourth-order valence-corrected chi connectivity index (χ4v) is 2.10. The topological polar surface area (TPSA) is 29.5 Å². The molecule has 1 saturated heterocycles. The molecule has 0 spiro atoms. The Kier molecular flexibility index (Phi) is 4.13. The number of benzene rings is 1. The quantitative estimate of drug-likeness (QED) is 0.805. The highest BCUT2D eigenvalue weighted by molar-refractivity contribution is 5.54. The second-order valence-corrected chi connectivity index (χ2v) is 4.28. The Balaban J connectivity index is 2.12. The van der Waals surface area contributed by atoms with Crippen LogP contribution in [0.5, 0.6) is 0 Å². The van der Waals surface area contributed by atoms with Crippen molar-refractivity contribution in [3.05, 3.63) is 54.1 Å². The summed E-state index contributed by atoms with van der Waals surface area (Å²) in [5.74, 6) is 0. The van der Waals surface area contributed by atoms with Gasteiger partial charge in [-0.3, -0.25) is 0 Å². The Labute approximate surface area is 102 Å². The van der Waals surface area contributed by atoms with E-state index in [1.54, 1.807) is 0 Å². The lowest BCUT2D eigenvalue weighted by Crippen LogP contribution is -2.10. The molecule has 2 heteroatoms. The first-order valence-electron chi connectivity index (χ1n) is 5.99. The van der Waals surface area contributed by atoms with Crippen molar-refractivity contribution in [2.45, 2.75) is 31.7 Å². The lowest BCUT2D eigenvalue weighted by molar-refractivity contribution is -0.0897. The maximum absolute atomic E-state index is 9.56. The molecule has 1 aliphatic heterocycles. The van der Waals surface area contributed by atoms with E-state index in [-0.39, 0.29) is 6.10 Å². The van der Waals surface area contributed by atoms with Crippen LogP contribution in [0.25, 0.3) is 6.08 Å². The lowest BCUT2D eigenvalue weighted by Gasteiger charge is -2.10. The summed E-state index contributed by atoms with van der Waals surface area (Å²) in [4.78, 5) is 0. The van der Waals surface area contributed by atoms with Crippen molar-refractivity contribution in [3.8, 4) is 0 Å². The minimum Gasteiger partial charge on any atom is -0.368 e. The summed E-state index contributed by atoms with van der Waals surface area (Å²) in [6.07, 6.45) is 5.78. The van der Waals surface area contributed by atoms with Crippen molar-refractivity contribution in [2.75, 3.05) is 0 Å². The van der Waals surface area contributed by atoms with Gasteiger partial charge in [0.05, 0.1) is 6.10 Å². The molecule has 0 aromatic heterocycles. The highest BCUT2D eigenvalue weighted by atomic mass is 16.6. The molecule has 1 N–H and O–H groups in total. The molecule has 0 aliphatic carbocycles. The van der Waals surface area contributed by atoms with Gasteiger partial charge in [-0.05, 0) is 24.0 Å². The summed E-state index contributed by atoms with van der Waals surface area (Å²) in [5, 5.41) is 9.56. The summed E-state index contributed by atoms with van der Waals surface area (Å²) in [6.45, 7) is 3.71. The van der Waals surface area contributed by atoms with Crippen LogP contribution in [0.1, 0.15) is 24.8 Å². The van der Waals surface area contributed by atoms with E-state index >= 15 is 0 Å². The third-order valence-corrected chi connectivity index (χ3v) is 2.93. The zero-order valence-electron chi connectivity index (χ0n) is 9.88. The second kappa shape index (κ2) is 5.80. The van der Waals surface area contributed by atoms with Gasteiger partial charge >= 0.3 is 0 Å². The van der Waals surface area contributed by atoms with Crippen molar-refractivity contribution >= 4 is 6.08 Å². The van der Waals surface area contributed by atoms with E-state index in [2.05, 4.69) is 24.8 Å². The van der Waals surface area contributed by atoms with E-state index in [9.17, 15) is 5.11 Å². The van der Waals surface area contributed by atoms with Crippen LogP contribution in [-0.2, 0) is 4.74 Å². The van der Waals surface area contributed by atoms with Crippen LogP contribution >= 0.6 is 0 Å². The predicted octanol–water partition coefficient (Wildman–Crippen LogP) is 3.14. The molecular formula is C15H18O2. The van der Waals surface area contributed by atoms with Gasteiger partial charge in [0.25, 0.3) is 0 Å². The van der Waals surface area contributed by atoms with Crippen molar-refractivity contribution < 1.29 is 9.84 Å². The number of aliphatic hydroxyl groups excluding tert-OH is 1. The first-order chi connectivity index (χ1) is 8.29. The van der Waals surface area contributed by atoms with Gasteiger partial charge in [-0.1, -0.05) is 42.5 Å². The van der Waals surface area contributed by atoms with Crippen LogP contribution in [0.2, 0.25) is 0 Å². The first-order valence-corrected chi connectivity index (χ1v) is 5.99. The number of rotatable bonds is 4. The van der Waals surface area contributed by atoms with Crippen LogP contribution in [0.4, 0.5) is 0 Å². The Morgan fingerprint density at radius 1 is 1.35 bits per heavy atom. The van der Waals surface area contributed by atoms with E-state index in [1.165, 1.54) is 5.57 Å². The molecule has 17 heavy (non-hydrogen) atoms. The molecule has 2 unspecified atom stereocenters. The highest BCUT2D eigenvalue weighted by Crippen LogP contribution is 2.29. The second-order valence-electron chi connectivity index (χ2n) is 4.28. The summed E-state index contributed by atoms with van der Waals surface area (Å²) in [5.41, 5.74) is 2.33. The fraction of sp³-hybridized carbons (Fsp3) is 0.333. The zero-order chi connectivity index (χ0) is 12.1. The predicted molar refractivity (Wildman–Crippen MR) is 69.3 cm³/mol. The van der Waals surface area contributed by atoms with Crippen molar-refractivity contribution in [1.82, 2.24) is 0 Å². The van der Waals surface area contributed by atoms with E-state index in [0.717, 1.165) is 18.4 Å². The monoisotopic (exact) mass is 230 g/mol. The number of aliphatic hydroxyl groups is 1. The third kappa shape index (κ3) is 3.29. The first kappa shape index (κ1) is 12.1. The molecule has 1 aliphatic rings. The van der Waals surface area contributed by atoms with E-state index < -0.39 is 6.29 Å². The van der Waals surface area contributed by atoms with Gasteiger partial charge in [-0.25, -0.2) is 0 Å². The van der Waals surface area contributed by atoms with E-state index in [4.69, 9.17) is 4.74 Å². The van der Waals surface area contributed by atoms with Crippen molar-refractivity contribution in [2.24, 2.45) is 0 Å². The average Bonchev–Trinajstić information content (AvgIpc) is 2.68. The minimum atomic E-state index is -0.653. The van der Waals surface area contributed by atoms with Crippen LogP contribution in [0, 0.1) is 0 Å². The largest absolute Gasteiger partial charge is 0.368 e. The summed E-state index contributed by atoms with van der Waals surface area (Å²) < 4.78 is 5.49. The van der Waals surface area contributed by atoms with Crippen molar-refractivity contribution in [3.63, 3.8) is 0 Å². The maximum atomic E-state index is 9.56. The van der Waals surface area contributed by atoms with Crippen LogP contribution < -0.4 is 0 Å². The third-order valence-electron chi connectivity index (χ3n) is 2.93. The number of hydrogen-bond acceptors (Lipinski definition) is 2. The van der Waals surface area contributed by atoms with Gasteiger partial charge in [-0.15, -0.1) is 6.58 Å². The highest BCUT2D eigenvalue weighted by Gasteiger charge is 2.27. The molecule has 0 bridgehead atoms. The van der Waals surface area contributed by atoms with Gasteiger partial charge < -0.3 is 9.84 Å². The van der Waals surface area contributed by atoms with Crippen molar-refractivity contribution in [1.29, 1.82) is 0 Å². The lowest BCUT2D eigenvalue weighted by atomic mass is 10.0. The standard InChI is InChI=1S/C15H18O2/c1-2-3-9-14-13(11-15(16)17-14)10-12-7-5-4-6-8-12/h2,4-8,10,14-16H,1,3,9,11H2/b13-10-. The molecular weight excluding hydrogens is 212 g/mol. The maximum Gasteiger partial charge on any atom is 0.159 e. The molecule has 2 nitrogen and oxygen atoms in total. The van der Waals surface area contributed by atoms with Crippen LogP contribution in [0.3, 0.4) is 0 Å². The molecule has 1 fully saturated rings. The SMILES string of the molecule is C=CCCC1OC(O)C/C1=C/c1ccccc1. The summed E-state index contributed by atoms with van der Waals surface area (Å²) in [7, 11) is 0. The average molecular weight is 230 g/mol. The van der Waals surface area contributed by atoms with E-state index in [0.29, 0.717) is 6.42 Å². The number of allylic oxidation sites excluding steroid dienone is 1. The molecule has 1 heterocycles.